The number of carboxylic acids is 1. The summed E-state index contributed by atoms with van der Waals surface area (Å²) in [6.07, 6.45) is 1.38. The molecule has 2 heterocycles. The Morgan fingerprint density at radius 3 is 2.15 bits per heavy atom. The number of amides is 1. The van der Waals surface area contributed by atoms with Crippen LogP contribution in [-0.4, -0.2) is 33.7 Å². The minimum absolute atomic E-state index is 0.0290. The molecule has 1 fully saturated rings. The number of hydrogen-bond acceptors (Lipinski definition) is 6. The first kappa shape index (κ1) is 26.2. The van der Waals surface area contributed by atoms with Crippen molar-refractivity contribution in [3.63, 3.8) is 0 Å². The Bertz CT molecular complexity index is 1510. The summed E-state index contributed by atoms with van der Waals surface area (Å²) in [5.74, 6) is 0.0974. The average molecular weight is 525 g/mol. The van der Waals surface area contributed by atoms with Gasteiger partial charge in [0.15, 0.2) is 5.76 Å². The fraction of sp³-hybridized carbons (Fsp3) is 0.290. The average Bonchev–Trinajstić information content (AvgIpc) is 3.67. The second-order valence-electron chi connectivity index (χ2n) is 11.3. The molecule has 1 aliphatic carbocycles. The summed E-state index contributed by atoms with van der Waals surface area (Å²) in [6, 6.07) is 20.9. The predicted molar refractivity (Wildman–Crippen MR) is 150 cm³/mol. The van der Waals surface area contributed by atoms with E-state index in [4.69, 9.17) is 4.52 Å². The number of nitrogens with one attached hydrogen (secondary N) is 2. The van der Waals surface area contributed by atoms with E-state index in [2.05, 4.69) is 41.5 Å². The lowest BCUT2D eigenvalue weighted by Crippen LogP contribution is -2.32. The molecule has 8 nitrogen and oxygen atoms in total. The molecule has 5 rings (SSSR count). The Labute approximate surface area is 227 Å². The molecule has 0 radical (unpaired) electrons. The van der Waals surface area contributed by atoms with E-state index in [0.717, 1.165) is 22.3 Å². The Morgan fingerprint density at radius 1 is 0.949 bits per heavy atom. The highest BCUT2D eigenvalue weighted by atomic mass is 16.5. The fourth-order valence-corrected chi connectivity index (χ4v) is 4.46. The van der Waals surface area contributed by atoms with E-state index in [1.165, 1.54) is 0 Å². The lowest BCUT2D eigenvalue weighted by molar-refractivity contribution is -0.140. The van der Waals surface area contributed by atoms with Gasteiger partial charge in [0, 0.05) is 12.1 Å². The van der Waals surface area contributed by atoms with Gasteiger partial charge in [-0.15, -0.1) is 0 Å². The molecule has 0 atom stereocenters. The molecule has 2 aromatic heterocycles. The third-order valence-electron chi connectivity index (χ3n) is 6.95. The summed E-state index contributed by atoms with van der Waals surface area (Å²) in [4.78, 5) is 28.7. The van der Waals surface area contributed by atoms with Gasteiger partial charge in [-0.2, -0.15) is 0 Å². The van der Waals surface area contributed by atoms with Crippen molar-refractivity contribution in [3.8, 4) is 22.5 Å². The molecule has 0 aliphatic heterocycles. The van der Waals surface area contributed by atoms with E-state index < -0.39 is 11.4 Å². The maximum atomic E-state index is 12.6. The number of aromatic nitrogens is 2. The van der Waals surface area contributed by atoms with Gasteiger partial charge in [-0.1, -0.05) is 80.5 Å². The van der Waals surface area contributed by atoms with Crippen molar-refractivity contribution in [2.45, 2.75) is 46.0 Å². The highest BCUT2D eigenvalue weighted by Crippen LogP contribution is 2.48. The molecule has 0 saturated heterocycles. The first-order valence-corrected chi connectivity index (χ1v) is 13.0. The summed E-state index contributed by atoms with van der Waals surface area (Å²) < 4.78 is 5.66. The Hall–Kier alpha value is -4.46. The summed E-state index contributed by atoms with van der Waals surface area (Å²) in [6.45, 7) is 8.56. The number of carbonyl (C=O) groups is 2. The predicted octanol–water partition coefficient (Wildman–Crippen LogP) is 6.35. The van der Waals surface area contributed by atoms with Gasteiger partial charge in [0.2, 0.25) is 0 Å². The summed E-state index contributed by atoms with van der Waals surface area (Å²) in [5.41, 5.74) is 4.63. The molecule has 1 amide bonds. The quantitative estimate of drug-likeness (QED) is 0.246. The highest BCUT2D eigenvalue weighted by molar-refractivity contribution is 5.93. The summed E-state index contributed by atoms with van der Waals surface area (Å²) in [5, 5.41) is 19.9. The molecular weight excluding hydrogens is 492 g/mol. The number of pyridine rings is 1. The number of carboxylic acid groups (broad SMARTS) is 1. The molecule has 8 heteroatoms. The van der Waals surface area contributed by atoms with Crippen LogP contribution in [0.4, 0.5) is 11.5 Å². The molecule has 1 saturated carbocycles. The van der Waals surface area contributed by atoms with Crippen LogP contribution in [0, 0.1) is 12.3 Å². The van der Waals surface area contributed by atoms with E-state index in [1.54, 1.807) is 18.2 Å². The van der Waals surface area contributed by atoms with Crippen molar-refractivity contribution < 1.29 is 19.2 Å². The zero-order valence-corrected chi connectivity index (χ0v) is 22.5. The molecule has 200 valence electrons. The van der Waals surface area contributed by atoms with Crippen LogP contribution in [0.2, 0.25) is 0 Å². The third kappa shape index (κ3) is 5.55. The standard InChI is InChI=1S/C31H32N4O4/c1-19-26(34-25-7-5-6-24(33-25)28(36)32-18-30(2,3)4)27(39-35-19)22-10-8-20(9-11-22)21-12-14-23(15-13-21)31(16-17-31)29(37)38/h5-15H,16-18H2,1-4H3,(H,32,36)(H,33,34)(H,37,38). The van der Waals surface area contributed by atoms with Crippen molar-refractivity contribution in [1.29, 1.82) is 0 Å². The van der Waals surface area contributed by atoms with Crippen LogP contribution < -0.4 is 10.6 Å². The molecular formula is C31H32N4O4. The van der Waals surface area contributed by atoms with Gasteiger partial charge >= 0.3 is 5.97 Å². The molecule has 3 N–H and O–H groups in total. The fourth-order valence-electron chi connectivity index (χ4n) is 4.46. The first-order chi connectivity index (χ1) is 18.6. The van der Waals surface area contributed by atoms with Gasteiger partial charge in [-0.3, -0.25) is 9.59 Å². The molecule has 0 unspecified atom stereocenters. The summed E-state index contributed by atoms with van der Waals surface area (Å²) >= 11 is 0. The van der Waals surface area contributed by atoms with Gasteiger partial charge in [-0.05, 0) is 54.0 Å². The largest absolute Gasteiger partial charge is 0.481 e. The van der Waals surface area contributed by atoms with Crippen LogP contribution in [0.1, 0.15) is 55.4 Å². The topological polar surface area (TPSA) is 117 Å². The third-order valence-corrected chi connectivity index (χ3v) is 6.95. The van der Waals surface area contributed by atoms with Crippen molar-refractivity contribution in [2.75, 3.05) is 11.9 Å². The number of rotatable bonds is 8. The molecule has 39 heavy (non-hydrogen) atoms. The van der Waals surface area contributed by atoms with E-state index in [1.807, 2.05) is 55.5 Å². The van der Waals surface area contributed by atoms with E-state index >= 15 is 0 Å². The monoisotopic (exact) mass is 524 g/mol. The smallest absolute Gasteiger partial charge is 0.314 e. The minimum Gasteiger partial charge on any atom is -0.481 e. The number of benzene rings is 2. The second kappa shape index (κ2) is 10.0. The number of carbonyl (C=O) groups excluding carboxylic acids is 1. The molecule has 0 spiro atoms. The number of aryl methyl sites for hydroxylation is 1. The van der Waals surface area contributed by atoms with Crippen LogP contribution >= 0.6 is 0 Å². The molecule has 1 aliphatic rings. The van der Waals surface area contributed by atoms with Crippen LogP contribution in [0.25, 0.3) is 22.5 Å². The molecule has 2 aromatic carbocycles. The Morgan fingerprint density at radius 2 is 1.56 bits per heavy atom. The van der Waals surface area contributed by atoms with E-state index in [9.17, 15) is 14.7 Å². The van der Waals surface area contributed by atoms with Gasteiger partial charge < -0.3 is 20.3 Å². The van der Waals surface area contributed by atoms with Crippen LogP contribution in [0.5, 0.6) is 0 Å². The summed E-state index contributed by atoms with van der Waals surface area (Å²) in [7, 11) is 0. The lowest BCUT2D eigenvalue weighted by atomic mass is 9.93. The SMILES string of the molecule is Cc1noc(-c2ccc(-c3ccc(C4(C(=O)O)CC4)cc3)cc2)c1Nc1cccc(C(=O)NCC(C)(C)C)n1. The van der Waals surface area contributed by atoms with Gasteiger partial charge in [0.25, 0.3) is 5.91 Å². The highest BCUT2D eigenvalue weighted by Gasteiger charge is 2.51. The Balaban J connectivity index is 1.33. The zero-order chi connectivity index (χ0) is 27.8. The maximum Gasteiger partial charge on any atom is 0.314 e. The van der Waals surface area contributed by atoms with E-state index in [-0.39, 0.29) is 11.3 Å². The maximum absolute atomic E-state index is 12.6. The number of hydrogen-bond donors (Lipinski definition) is 3. The number of anilines is 2. The lowest BCUT2D eigenvalue weighted by Gasteiger charge is -2.18. The van der Waals surface area contributed by atoms with Gasteiger partial charge in [-0.25, -0.2) is 4.98 Å². The number of aliphatic carboxylic acids is 1. The van der Waals surface area contributed by atoms with Gasteiger partial charge in [0.05, 0.1) is 5.41 Å². The van der Waals surface area contributed by atoms with Crippen LogP contribution in [-0.2, 0) is 10.2 Å². The van der Waals surface area contributed by atoms with E-state index in [0.29, 0.717) is 48.0 Å². The zero-order valence-electron chi connectivity index (χ0n) is 22.5. The van der Waals surface area contributed by atoms with Crippen molar-refractivity contribution in [1.82, 2.24) is 15.5 Å². The van der Waals surface area contributed by atoms with Crippen LogP contribution in [0.15, 0.2) is 71.3 Å². The molecule has 4 aromatic rings. The Kier molecular flexibility index (Phi) is 6.72. The van der Waals surface area contributed by atoms with Gasteiger partial charge in [0.1, 0.15) is 22.9 Å². The van der Waals surface area contributed by atoms with Crippen molar-refractivity contribution >= 4 is 23.4 Å². The van der Waals surface area contributed by atoms with Crippen molar-refractivity contribution in [3.05, 3.63) is 83.7 Å². The van der Waals surface area contributed by atoms with Crippen LogP contribution in [0.3, 0.4) is 0 Å². The normalized spacial score (nSPS) is 14.1. The minimum atomic E-state index is -0.753. The first-order valence-electron chi connectivity index (χ1n) is 13.0. The molecule has 0 bridgehead atoms. The van der Waals surface area contributed by atoms with Crippen molar-refractivity contribution in [2.24, 2.45) is 5.41 Å². The number of nitrogens with zero attached hydrogens (tertiary/aromatic N) is 2. The second-order valence-corrected chi connectivity index (χ2v) is 11.3.